The molecule has 5 nitrogen and oxygen atoms in total. The summed E-state index contributed by atoms with van der Waals surface area (Å²) in [6, 6.07) is 12.0. The zero-order valence-corrected chi connectivity index (χ0v) is 14.4. The third kappa shape index (κ3) is 3.57. The van der Waals surface area contributed by atoms with Crippen LogP contribution in [0.4, 0.5) is 4.39 Å². The predicted octanol–water partition coefficient (Wildman–Crippen LogP) is 3.26. The molecule has 0 aliphatic rings. The molecule has 1 amide bonds. The topological polar surface area (TPSA) is 59.8 Å². The maximum absolute atomic E-state index is 12.9. The fourth-order valence-electron chi connectivity index (χ4n) is 2.51. The number of hydrogen-bond acceptors (Lipinski definition) is 3. The number of aromatic nitrogens is 3. The fourth-order valence-corrected chi connectivity index (χ4v) is 2.51. The zero-order valence-electron chi connectivity index (χ0n) is 14.4. The molecule has 0 fully saturated rings. The van der Waals surface area contributed by atoms with Crippen LogP contribution in [0.2, 0.25) is 0 Å². The van der Waals surface area contributed by atoms with Crippen LogP contribution in [0.25, 0.3) is 5.69 Å². The highest BCUT2D eigenvalue weighted by Crippen LogP contribution is 2.16. The van der Waals surface area contributed by atoms with E-state index in [9.17, 15) is 9.18 Å². The van der Waals surface area contributed by atoms with Gasteiger partial charge in [-0.25, -0.2) is 9.07 Å². The Balaban J connectivity index is 1.76. The molecule has 0 unspecified atom stereocenters. The Bertz CT molecular complexity index is 916. The molecule has 0 saturated heterocycles. The number of aryl methyl sites for hydroxylation is 2. The SMILES string of the molecule is Cc1ccc(-n2nnc(C(=O)NCc3ccc(F)cc3)c2C)cc1C. The van der Waals surface area contributed by atoms with E-state index in [4.69, 9.17) is 0 Å². The average molecular weight is 338 g/mol. The lowest BCUT2D eigenvalue weighted by atomic mass is 10.1. The minimum atomic E-state index is -0.308. The standard InChI is InChI=1S/C19H19FN4O/c1-12-4-9-17(10-13(12)2)24-14(3)18(22-23-24)19(25)21-11-15-5-7-16(20)8-6-15/h4-10H,11H2,1-3H3,(H,21,25). The molecule has 0 spiro atoms. The van der Waals surface area contributed by atoms with E-state index in [2.05, 4.69) is 15.6 Å². The first-order valence-electron chi connectivity index (χ1n) is 7.98. The van der Waals surface area contributed by atoms with E-state index in [-0.39, 0.29) is 17.4 Å². The number of halogens is 1. The molecule has 128 valence electrons. The Kier molecular flexibility index (Phi) is 4.61. The molecular formula is C19H19FN4O. The van der Waals surface area contributed by atoms with Crippen LogP contribution in [0.1, 0.15) is 32.9 Å². The van der Waals surface area contributed by atoms with Gasteiger partial charge in [-0.3, -0.25) is 4.79 Å². The number of benzene rings is 2. The number of amides is 1. The monoisotopic (exact) mass is 338 g/mol. The molecule has 3 rings (SSSR count). The van der Waals surface area contributed by atoms with Crippen molar-refractivity contribution in [1.29, 1.82) is 0 Å². The number of nitrogens with one attached hydrogen (secondary N) is 1. The van der Waals surface area contributed by atoms with Crippen LogP contribution in [0.3, 0.4) is 0 Å². The van der Waals surface area contributed by atoms with Crippen LogP contribution in [-0.2, 0) is 6.54 Å². The Labute approximate surface area is 145 Å². The summed E-state index contributed by atoms with van der Waals surface area (Å²) in [7, 11) is 0. The summed E-state index contributed by atoms with van der Waals surface area (Å²) in [5.41, 5.74) is 4.97. The van der Waals surface area contributed by atoms with Crippen LogP contribution in [0, 0.1) is 26.6 Å². The van der Waals surface area contributed by atoms with Gasteiger partial charge in [0.05, 0.1) is 11.4 Å². The molecular weight excluding hydrogens is 319 g/mol. The molecule has 0 atom stereocenters. The highest BCUT2D eigenvalue weighted by atomic mass is 19.1. The summed E-state index contributed by atoms with van der Waals surface area (Å²) in [5, 5.41) is 10.9. The van der Waals surface area contributed by atoms with Crippen molar-refractivity contribution < 1.29 is 9.18 Å². The molecule has 0 radical (unpaired) electrons. The molecule has 6 heteroatoms. The van der Waals surface area contributed by atoms with E-state index in [0.717, 1.165) is 16.8 Å². The molecule has 3 aromatic rings. The zero-order chi connectivity index (χ0) is 18.0. The second-order valence-electron chi connectivity index (χ2n) is 6.01. The summed E-state index contributed by atoms with van der Waals surface area (Å²) in [5.74, 6) is -0.612. The molecule has 1 N–H and O–H groups in total. The van der Waals surface area contributed by atoms with Gasteiger partial charge in [0.15, 0.2) is 5.69 Å². The van der Waals surface area contributed by atoms with Crippen molar-refractivity contribution in [3.8, 4) is 5.69 Å². The van der Waals surface area contributed by atoms with E-state index >= 15 is 0 Å². The van der Waals surface area contributed by atoms with Gasteiger partial charge in [-0.2, -0.15) is 0 Å². The van der Waals surface area contributed by atoms with Crippen molar-refractivity contribution in [2.45, 2.75) is 27.3 Å². The summed E-state index contributed by atoms with van der Waals surface area (Å²) in [6.45, 7) is 6.18. The highest BCUT2D eigenvalue weighted by molar-refractivity contribution is 5.93. The Hall–Kier alpha value is -3.02. The second kappa shape index (κ2) is 6.84. The van der Waals surface area contributed by atoms with E-state index in [0.29, 0.717) is 12.2 Å². The lowest BCUT2D eigenvalue weighted by Gasteiger charge is -2.07. The normalized spacial score (nSPS) is 10.7. The Morgan fingerprint density at radius 2 is 1.80 bits per heavy atom. The van der Waals surface area contributed by atoms with Gasteiger partial charge in [0.25, 0.3) is 5.91 Å². The predicted molar refractivity (Wildman–Crippen MR) is 93.1 cm³/mol. The van der Waals surface area contributed by atoms with Crippen LogP contribution in [0.5, 0.6) is 0 Å². The first-order valence-corrected chi connectivity index (χ1v) is 7.98. The van der Waals surface area contributed by atoms with Gasteiger partial charge in [-0.1, -0.05) is 23.4 Å². The van der Waals surface area contributed by atoms with Gasteiger partial charge < -0.3 is 5.32 Å². The molecule has 2 aromatic carbocycles. The summed E-state index contributed by atoms with van der Waals surface area (Å²) in [6.07, 6.45) is 0. The smallest absolute Gasteiger partial charge is 0.274 e. The molecule has 0 bridgehead atoms. The number of nitrogens with zero attached hydrogens (tertiary/aromatic N) is 3. The van der Waals surface area contributed by atoms with E-state index in [1.165, 1.54) is 17.7 Å². The van der Waals surface area contributed by atoms with Crippen molar-refractivity contribution in [2.24, 2.45) is 0 Å². The molecule has 25 heavy (non-hydrogen) atoms. The summed E-state index contributed by atoms with van der Waals surface area (Å²) >= 11 is 0. The van der Waals surface area contributed by atoms with Gasteiger partial charge in [-0.05, 0) is 61.7 Å². The number of carbonyl (C=O) groups is 1. The lowest BCUT2D eigenvalue weighted by Crippen LogP contribution is -2.24. The third-order valence-corrected chi connectivity index (χ3v) is 4.21. The van der Waals surface area contributed by atoms with Gasteiger partial charge in [0.2, 0.25) is 0 Å². The van der Waals surface area contributed by atoms with Gasteiger partial charge in [0, 0.05) is 6.54 Å². The van der Waals surface area contributed by atoms with Crippen molar-refractivity contribution in [3.05, 3.63) is 76.4 Å². The second-order valence-corrected chi connectivity index (χ2v) is 6.01. The molecule has 0 aliphatic heterocycles. The summed E-state index contributed by atoms with van der Waals surface area (Å²) in [4.78, 5) is 12.4. The number of hydrogen-bond donors (Lipinski definition) is 1. The largest absolute Gasteiger partial charge is 0.347 e. The first-order chi connectivity index (χ1) is 12.0. The highest BCUT2D eigenvalue weighted by Gasteiger charge is 2.17. The minimum Gasteiger partial charge on any atom is -0.347 e. The third-order valence-electron chi connectivity index (χ3n) is 4.21. The van der Waals surface area contributed by atoms with Crippen molar-refractivity contribution in [2.75, 3.05) is 0 Å². The van der Waals surface area contributed by atoms with E-state index < -0.39 is 0 Å². The first kappa shape index (κ1) is 16.8. The molecule has 0 aliphatic carbocycles. The van der Waals surface area contributed by atoms with Crippen LogP contribution < -0.4 is 5.32 Å². The summed E-state index contributed by atoms with van der Waals surface area (Å²) < 4.78 is 14.6. The molecule has 1 heterocycles. The van der Waals surface area contributed by atoms with Crippen molar-refractivity contribution in [3.63, 3.8) is 0 Å². The van der Waals surface area contributed by atoms with E-state index in [1.54, 1.807) is 16.8 Å². The maximum Gasteiger partial charge on any atom is 0.274 e. The van der Waals surface area contributed by atoms with Gasteiger partial charge in [-0.15, -0.1) is 5.10 Å². The van der Waals surface area contributed by atoms with Gasteiger partial charge >= 0.3 is 0 Å². The van der Waals surface area contributed by atoms with Crippen LogP contribution in [0.15, 0.2) is 42.5 Å². The molecule has 0 saturated carbocycles. The van der Waals surface area contributed by atoms with E-state index in [1.807, 2.05) is 39.0 Å². The lowest BCUT2D eigenvalue weighted by molar-refractivity contribution is 0.0945. The number of carbonyl (C=O) groups excluding carboxylic acids is 1. The van der Waals surface area contributed by atoms with Crippen LogP contribution >= 0.6 is 0 Å². The average Bonchev–Trinajstić information content (AvgIpc) is 2.98. The van der Waals surface area contributed by atoms with Crippen molar-refractivity contribution >= 4 is 5.91 Å². The van der Waals surface area contributed by atoms with Gasteiger partial charge in [0.1, 0.15) is 5.82 Å². The molecule has 1 aromatic heterocycles. The van der Waals surface area contributed by atoms with Crippen LogP contribution in [-0.4, -0.2) is 20.9 Å². The quantitative estimate of drug-likeness (QED) is 0.794. The van der Waals surface area contributed by atoms with Crippen molar-refractivity contribution in [1.82, 2.24) is 20.3 Å². The minimum absolute atomic E-state index is 0.278. The Morgan fingerprint density at radius 1 is 1.08 bits per heavy atom. The number of rotatable bonds is 4. The fraction of sp³-hybridized carbons (Fsp3) is 0.211. The maximum atomic E-state index is 12.9. The Morgan fingerprint density at radius 3 is 2.48 bits per heavy atom.